The van der Waals surface area contributed by atoms with Gasteiger partial charge in [-0.1, -0.05) is 18.2 Å². The summed E-state index contributed by atoms with van der Waals surface area (Å²) in [5.41, 5.74) is 1.40. The number of fused-ring (bicyclic) bond motifs is 1. The smallest absolute Gasteiger partial charge is 0.294 e. The van der Waals surface area contributed by atoms with Gasteiger partial charge in [-0.05, 0) is 76.6 Å². The van der Waals surface area contributed by atoms with E-state index >= 15 is 0 Å². The van der Waals surface area contributed by atoms with Gasteiger partial charge in [0.2, 0.25) is 5.91 Å². The largest absolute Gasteiger partial charge is 0.490 e. The molecule has 12 heteroatoms. The van der Waals surface area contributed by atoms with Crippen molar-refractivity contribution in [3.8, 4) is 23.0 Å². The number of nitrogens with one attached hydrogen (secondary N) is 1. The summed E-state index contributed by atoms with van der Waals surface area (Å²) in [5.74, 6) is 0.320. The monoisotopic (exact) mass is 642 g/mol. The van der Waals surface area contributed by atoms with Crippen LogP contribution < -0.4 is 24.3 Å². The molecular formula is C29H24BrFN2O7S. The number of imide groups is 1. The zero-order valence-electron chi connectivity index (χ0n) is 21.8. The van der Waals surface area contributed by atoms with Crippen molar-refractivity contribution in [1.29, 1.82) is 0 Å². The summed E-state index contributed by atoms with van der Waals surface area (Å²) in [6.07, 6.45) is 1.54. The molecule has 2 aliphatic rings. The molecule has 0 radical (unpaired) electrons. The minimum atomic E-state index is -0.591. The van der Waals surface area contributed by atoms with E-state index in [9.17, 15) is 18.8 Å². The fourth-order valence-corrected chi connectivity index (χ4v) is 5.51. The summed E-state index contributed by atoms with van der Waals surface area (Å²) >= 11 is 4.20. The van der Waals surface area contributed by atoms with Gasteiger partial charge in [0.25, 0.3) is 11.1 Å². The van der Waals surface area contributed by atoms with Crippen LogP contribution in [0, 0.1) is 5.82 Å². The summed E-state index contributed by atoms with van der Waals surface area (Å²) < 4.78 is 37.2. The molecule has 0 bridgehead atoms. The molecule has 0 spiro atoms. The van der Waals surface area contributed by atoms with Gasteiger partial charge in [-0.25, -0.2) is 4.39 Å². The topological polar surface area (TPSA) is 103 Å². The SMILES string of the molecule is CCOc1cc(/C=C2\SC(=O)N(CC(=O)Nc3ccc4c(c3)OCCO4)C2=O)cc(Br)c1OCc1ccccc1F. The Labute approximate surface area is 247 Å². The lowest BCUT2D eigenvalue weighted by Gasteiger charge is -2.19. The first-order chi connectivity index (χ1) is 19.8. The molecule has 3 aromatic rings. The van der Waals surface area contributed by atoms with Crippen LogP contribution in [0.3, 0.4) is 0 Å². The van der Waals surface area contributed by atoms with Crippen LogP contribution >= 0.6 is 27.7 Å². The van der Waals surface area contributed by atoms with Gasteiger partial charge in [0.05, 0.1) is 16.0 Å². The van der Waals surface area contributed by atoms with Crippen molar-refractivity contribution in [2.45, 2.75) is 13.5 Å². The Balaban J connectivity index is 1.28. The van der Waals surface area contributed by atoms with Crippen LogP contribution in [-0.4, -0.2) is 48.3 Å². The van der Waals surface area contributed by atoms with E-state index < -0.39 is 23.6 Å². The normalized spacial score (nSPS) is 15.3. The molecule has 0 aromatic heterocycles. The van der Waals surface area contributed by atoms with Crippen LogP contribution in [0.4, 0.5) is 14.9 Å². The zero-order valence-corrected chi connectivity index (χ0v) is 24.2. The Kier molecular flexibility index (Phi) is 8.79. The summed E-state index contributed by atoms with van der Waals surface area (Å²) in [7, 11) is 0. The minimum Gasteiger partial charge on any atom is -0.490 e. The number of carbonyl (C=O) groups is 3. The third-order valence-electron chi connectivity index (χ3n) is 5.96. The molecule has 41 heavy (non-hydrogen) atoms. The highest BCUT2D eigenvalue weighted by Gasteiger charge is 2.36. The van der Waals surface area contributed by atoms with Crippen LogP contribution in [-0.2, 0) is 16.2 Å². The number of nitrogens with zero attached hydrogens (tertiary/aromatic N) is 1. The maximum Gasteiger partial charge on any atom is 0.294 e. The fourth-order valence-electron chi connectivity index (χ4n) is 4.09. The number of ether oxygens (including phenoxy) is 4. The van der Waals surface area contributed by atoms with Crippen molar-refractivity contribution < 1.29 is 37.7 Å². The van der Waals surface area contributed by atoms with Gasteiger partial charge < -0.3 is 24.3 Å². The Morgan fingerprint density at radius 3 is 2.66 bits per heavy atom. The number of hydrogen-bond donors (Lipinski definition) is 1. The maximum atomic E-state index is 14.1. The summed E-state index contributed by atoms with van der Waals surface area (Å²) in [4.78, 5) is 39.4. The Morgan fingerprint density at radius 1 is 1.10 bits per heavy atom. The standard InChI is InChI=1S/C29H24BrFN2O7S/c1-2-37-24-12-17(11-20(30)27(24)40-16-18-5-3-4-6-21(18)31)13-25-28(35)33(29(36)41-25)15-26(34)32-19-7-8-22-23(14-19)39-10-9-38-22/h3-8,11-14H,2,9-10,15-16H2,1H3,(H,32,34)/b25-13-. The summed E-state index contributed by atoms with van der Waals surface area (Å²) in [5, 5.41) is 2.12. The van der Waals surface area contributed by atoms with E-state index in [1.54, 1.807) is 48.5 Å². The lowest BCUT2D eigenvalue weighted by Crippen LogP contribution is -2.36. The lowest BCUT2D eigenvalue weighted by molar-refractivity contribution is -0.127. The number of thioether (sulfide) groups is 1. The second kappa shape index (κ2) is 12.6. The van der Waals surface area contributed by atoms with Crippen molar-refractivity contribution in [2.75, 3.05) is 31.7 Å². The van der Waals surface area contributed by atoms with Gasteiger partial charge in [-0.3, -0.25) is 19.3 Å². The van der Waals surface area contributed by atoms with E-state index in [1.165, 1.54) is 12.1 Å². The van der Waals surface area contributed by atoms with Crippen LogP contribution in [0.1, 0.15) is 18.1 Å². The number of amides is 3. The van der Waals surface area contributed by atoms with Gasteiger partial charge in [-0.2, -0.15) is 0 Å². The number of rotatable bonds is 9. The van der Waals surface area contributed by atoms with Crippen LogP contribution in [0.25, 0.3) is 6.08 Å². The molecule has 2 heterocycles. The molecule has 0 saturated carbocycles. The van der Waals surface area contributed by atoms with Crippen LogP contribution in [0.15, 0.2) is 64.0 Å². The molecular weight excluding hydrogens is 619 g/mol. The molecule has 2 aliphatic heterocycles. The fraction of sp³-hybridized carbons (Fsp3) is 0.207. The Bertz CT molecular complexity index is 1550. The van der Waals surface area contributed by atoms with Crippen molar-refractivity contribution >= 4 is 56.5 Å². The molecule has 3 aromatic carbocycles. The Hall–Kier alpha value is -4.03. The summed E-state index contributed by atoms with van der Waals surface area (Å²) in [6, 6.07) is 14.6. The van der Waals surface area contributed by atoms with Gasteiger partial charge >= 0.3 is 0 Å². The molecule has 1 saturated heterocycles. The lowest BCUT2D eigenvalue weighted by atomic mass is 10.1. The van der Waals surface area contributed by atoms with Gasteiger partial charge in [-0.15, -0.1) is 0 Å². The third kappa shape index (κ3) is 6.66. The summed E-state index contributed by atoms with van der Waals surface area (Å²) in [6.45, 7) is 2.52. The predicted octanol–water partition coefficient (Wildman–Crippen LogP) is 6.01. The van der Waals surface area contributed by atoms with Crippen LogP contribution in [0.5, 0.6) is 23.0 Å². The first-order valence-corrected chi connectivity index (χ1v) is 14.2. The molecule has 9 nitrogen and oxygen atoms in total. The van der Waals surface area contributed by atoms with Gasteiger partial charge in [0.15, 0.2) is 23.0 Å². The van der Waals surface area contributed by atoms with Crippen molar-refractivity contribution in [1.82, 2.24) is 4.90 Å². The van der Waals surface area contributed by atoms with E-state index in [0.717, 1.165) is 16.7 Å². The Morgan fingerprint density at radius 2 is 1.88 bits per heavy atom. The van der Waals surface area contributed by atoms with E-state index in [1.807, 2.05) is 6.92 Å². The number of hydrogen-bond acceptors (Lipinski definition) is 8. The molecule has 0 unspecified atom stereocenters. The minimum absolute atomic E-state index is 0.0160. The molecule has 3 amide bonds. The van der Waals surface area contributed by atoms with Gasteiger partial charge in [0, 0.05) is 17.3 Å². The highest BCUT2D eigenvalue weighted by molar-refractivity contribution is 9.10. The second-order valence-electron chi connectivity index (χ2n) is 8.82. The maximum absolute atomic E-state index is 14.1. The molecule has 1 fully saturated rings. The third-order valence-corrected chi connectivity index (χ3v) is 7.46. The average molecular weight is 643 g/mol. The van der Waals surface area contributed by atoms with Crippen molar-refractivity contribution in [2.24, 2.45) is 0 Å². The first-order valence-electron chi connectivity index (χ1n) is 12.6. The van der Waals surface area contributed by atoms with Gasteiger partial charge in [0.1, 0.15) is 32.2 Å². The van der Waals surface area contributed by atoms with E-state index in [0.29, 0.717) is 64.1 Å². The molecule has 0 aliphatic carbocycles. The highest BCUT2D eigenvalue weighted by Crippen LogP contribution is 2.40. The van der Waals surface area contributed by atoms with Crippen LogP contribution in [0.2, 0.25) is 0 Å². The number of anilines is 1. The average Bonchev–Trinajstić information content (AvgIpc) is 3.20. The molecule has 5 rings (SSSR count). The molecule has 0 atom stereocenters. The first kappa shape index (κ1) is 28.5. The van der Waals surface area contributed by atoms with E-state index in [2.05, 4.69) is 21.2 Å². The highest BCUT2D eigenvalue weighted by atomic mass is 79.9. The predicted molar refractivity (Wildman–Crippen MR) is 155 cm³/mol. The molecule has 1 N–H and O–H groups in total. The van der Waals surface area contributed by atoms with Crippen molar-refractivity contribution in [3.05, 3.63) is 80.9 Å². The van der Waals surface area contributed by atoms with Crippen molar-refractivity contribution in [3.63, 3.8) is 0 Å². The number of halogens is 2. The van der Waals surface area contributed by atoms with E-state index in [-0.39, 0.29) is 17.3 Å². The number of benzene rings is 3. The second-order valence-corrected chi connectivity index (χ2v) is 10.7. The quantitative estimate of drug-likeness (QED) is 0.283. The molecule has 212 valence electrons. The number of carbonyl (C=O) groups excluding carboxylic acids is 3. The zero-order chi connectivity index (χ0) is 28.9. The van der Waals surface area contributed by atoms with E-state index in [4.69, 9.17) is 18.9 Å².